The molecule has 0 atom stereocenters. The normalized spacial score (nSPS) is 10.8. The number of amides is 2. The first-order valence-electron chi connectivity index (χ1n) is 9.78. The predicted molar refractivity (Wildman–Crippen MR) is 127 cm³/mol. The molecule has 3 aromatic rings. The molecule has 8 heteroatoms. The van der Waals surface area contributed by atoms with Gasteiger partial charge in [0.05, 0.1) is 10.2 Å². The van der Waals surface area contributed by atoms with Crippen molar-refractivity contribution in [3.8, 4) is 0 Å². The standard InChI is InChI=1S/C22H24N4O2S2/c1-4-5-19(27)25-22-24-17-11-10-16(12-18(17)30-22)23-21(29)26-20(28)15-8-6-14(7-9-15)13(2)3/h6-13H,4-5H2,1-3H3,(H,24,25,27)(H2,23,26,28,29). The molecule has 0 radical (unpaired) electrons. The van der Waals surface area contributed by atoms with Crippen LogP contribution >= 0.6 is 23.6 Å². The number of aromatic nitrogens is 1. The fraction of sp³-hybridized carbons (Fsp3) is 0.273. The average molecular weight is 441 g/mol. The Morgan fingerprint density at radius 3 is 2.50 bits per heavy atom. The number of thiazole rings is 1. The number of fused-ring (bicyclic) bond motifs is 1. The number of anilines is 2. The van der Waals surface area contributed by atoms with Crippen molar-refractivity contribution in [1.29, 1.82) is 0 Å². The number of nitrogens with one attached hydrogen (secondary N) is 3. The molecule has 0 unspecified atom stereocenters. The van der Waals surface area contributed by atoms with E-state index in [9.17, 15) is 9.59 Å². The van der Waals surface area contributed by atoms with Gasteiger partial charge in [0.15, 0.2) is 10.2 Å². The van der Waals surface area contributed by atoms with E-state index in [1.165, 1.54) is 16.9 Å². The molecule has 156 valence electrons. The molecule has 30 heavy (non-hydrogen) atoms. The number of thiocarbonyl (C=S) groups is 1. The van der Waals surface area contributed by atoms with Crippen LogP contribution in [0.3, 0.4) is 0 Å². The second-order valence-corrected chi connectivity index (χ2v) is 8.62. The number of hydrogen-bond acceptors (Lipinski definition) is 5. The van der Waals surface area contributed by atoms with Crippen molar-refractivity contribution < 1.29 is 9.59 Å². The summed E-state index contributed by atoms with van der Waals surface area (Å²) in [5.41, 5.74) is 3.25. The summed E-state index contributed by atoms with van der Waals surface area (Å²) in [4.78, 5) is 28.6. The van der Waals surface area contributed by atoms with Crippen molar-refractivity contribution in [1.82, 2.24) is 10.3 Å². The first-order chi connectivity index (χ1) is 14.4. The maximum absolute atomic E-state index is 12.4. The molecule has 3 N–H and O–H groups in total. The number of nitrogens with zero attached hydrogens (tertiary/aromatic N) is 1. The summed E-state index contributed by atoms with van der Waals surface area (Å²) in [5.74, 6) is 0.106. The molecule has 0 saturated heterocycles. The van der Waals surface area contributed by atoms with Gasteiger partial charge in [-0.15, -0.1) is 0 Å². The minimum Gasteiger partial charge on any atom is -0.332 e. The molecule has 0 spiro atoms. The quantitative estimate of drug-likeness (QED) is 0.454. The first kappa shape index (κ1) is 21.9. The Morgan fingerprint density at radius 1 is 1.10 bits per heavy atom. The summed E-state index contributed by atoms with van der Waals surface area (Å²) >= 11 is 6.67. The number of carbonyl (C=O) groups is 2. The van der Waals surface area contributed by atoms with Crippen molar-refractivity contribution in [2.24, 2.45) is 0 Å². The fourth-order valence-electron chi connectivity index (χ4n) is 2.82. The van der Waals surface area contributed by atoms with Crippen LogP contribution in [0.1, 0.15) is 55.5 Å². The van der Waals surface area contributed by atoms with E-state index < -0.39 is 0 Å². The number of carbonyl (C=O) groups excluding carboxylic acids is 2. The molecular weight excluding hydrogens is 416 g/mol. The van der Waals surface area contributed by atoms with Crippen molar-refractivity contribution in [3.05, 3.63) is 53.6 Å². The van der Waals surface area contributed by atoms with E-state index in [2.05, 4.69) is 34.8 Å². The minimum atomic E-state index is -0.261. The Hall–Kier alpha value is -2.84. The van der Waals surface area contributed by atoms with E-state index in [1.807, 2.05) is 37.3 Å². The molecule has 2 amide bonds. The van der Waals surface area contributed by atoms with E-state index in [-0.39, 0.29) is 16.9 Å². The summed E-state index contributed by atoms with van der Waals surface area (Å²) in [5, 5.41) is 9.32. The average Bonchev–Trinajstić information content (AvgIpc) is 3.09. The minimum absolute atomic E-state index is 0.0415. The van der Waals surface area contributed by atoms with Gasteiger partial charge < -0.3 is 10.6 Å². The van der Waals surface area contributed by atoms with Crippen molar-refractivity contribution in [3.63, 3.8) is 0 Å². The Labute approximate surface area is 185 Å². The maximum Gasteiger partial charge on any atom is 0.257 e. The van der Waals surface area contributed by atoms with Crippen molar-refractivity contribution in [2.75, 3.05) is 10.6 Å². The maximum atomic E-state index is 12.4. The Bertz CT molecular complexity index is 1070. The smallest absolute Gasteiger partial charge is 0.257 e. The summed E-state index contributed by atoms with van der Waals surface area (Å²) < 4.78 is 0.908. The molecule has 3 rings (SSSR count). The van der Waals surface area contributed by atoms with Crippen LogP contribution in [0.4, 0.5) is 10.8 Å². The third kappa shape index (κ3) is 5.61. The first-order valence-corrected chi connectivity index (χ1v) is 11.0. The second-order valence-electron chi connectivity index (χ2n) is 7.18. The SMILES string of the molecule is CCCC(=O)Nc1nc2ccc(NC(=S)NC(=O)c3ccc(C(C)C)cc3)cc2s1. The topological polar surface area (TPSA) is 83.1 Å². The molecule has 0 saturated carbocycles. The molecule has 0 aliphatic carbocycles. The van der Waals surface area contributed by atoms with Crippen molar-refractivity contribution >= 4 is 61.5 Å². The number of rotatable bonds is 6. The molecule has 0 fully saturated rings. The van der Waals surface area contributed by atoms with E-state index in [0.717, 1.165) is 22.3 Å². The van der Waals surface area contributed by atoms with Gasteiger partial charge in [-0.05, 0) is 60.5 Å². The zero-order valence-corrected chi connectivity index (χ0v) is 18.7. The summed E-state index contributed by atoms with van der Waals surface area (Å²) in [6, 6.07) is 13.1. The molecule has 0 bridgehead atoms. The van der Waals surface area contributed by atoms with Crippen LogP contribution in [0.5, 0.6) is 0 Å². The predicted octanol–water partition coefficient (Wildman–Crippen LogP) is 5.29. The highest BCUT2D eigenvalue weighted by Gasteiger charge is 2.11. The van der Waals surface area contributed by atoms with E-state index in [4.69, 9.17) is 12.2 Å². The highest BCUT2D eigenvalue weighted by molar-refractivity contribution is 7.80. The van der Waals surface area contributed by atoms with Gasteiger partial charge in [0, 0.05) is 17.7 Å². The van der Waals surface area contributed by atoms with Gasteiger partial charge in [-0.3, -0.25) is 14.9 Å². The summed E-state index contributed by atoms with van der Waals surface area (Å²) in [6.07, 6.45) is 1.26. The lowest BCUT2D eigenvalue weighted by Gasteiger charge is -2.10. The van der Waals surface area contributed by atoms with Crippen LogP contribution in [-0.4, -0.2) is 21.9 Å². The lowest BCUT2D eigenvalue weighted by atomic mass is 10.0. The van der Waals surface area contributed by atoms with Gasteiger partial charge in [0.25, 0.3) is 5.91 Å². The highest BCUT2D eigenvalue weighted by atomic mass is 32.1. The highest BCUT2D eigenvalue weighted by Crippen LogP contribution is 2.28. The molecule has 2 aromatic carbocycles. The third-order valence-corrected chi connectivity index (χ3v) is 5.57. The van der Waals surface area contributed by atoms with Crippen LogP contribution in [0.2, 0.25) is 0 Å². The zero-order chi connectivity index (χ0) is 21.7. The van der Waals surface area contributed by atoms with E-state index in [1.54, 1.807) is 12.1 Å². The largest absolute Gasteiger partial charge is 0.332 e. The summed E-state index contributed by atoms with van der Waals surface area (Å²) in [7, 11) is 0. The van der Waals surface area contributed by atoms with E-state index in [0.29, 0.717) is 23.0 Å². The fourth-order valence-corrected chi connectivity index (χ4v) is 3.95. The molecule has 0 aliphatic heterocycles. The van der Waals surface area contributed by atoms with Crippen LogP contribution < -0.4 is 16.0 Å². The Kier molecular flexibility index (Phi) is 7.12. The van der Waals surface area contributed by atoms with Gasteiger partial charge in [-0.1, -0.05) is 44.2 Å². The molecule has 0 aliphatic rings. The molecule has 1 aromatic heterocycles. The molecular formula is C22H24N4O2S2. The van der Waals surface area contributed by atoms with Gasteiger partial charge in [-0.25, -0.2) is 4.98 Å². The van der Waals surface area contributed by atoms with Crippen LogP contribution in [0.15, 0.2) is 42.5 Å². The van der Waals surface area contributed by atoms with Crippen LogP contribution in [0.25, 0.3) is 10.2 Å². The lowest BCUT2D eigenvalue weighted by Crippen LogP contribution is -2.34. The molecule has 1 heterocycles. The zero-order valence-electron chi connectivity index (χ0n) is 17.1. The number of benzene rings is 2. The van der Waals surface area contributed by atoms with Gasteiger partial charge in [-0.2, -0.15) is 0 Å². The monoisotopic (exact) mass is 440 g/mol. The Morgan fingerprint density at radius 2 is 1.83 bits per heavy atom. The van der Waals surface area contributed by atoms with Gasteiger partial charge >= 0.3 is 0 Å². The van der Waals surface area contributed by atoms with Crippen LogP contribution in [-0.2, 0) is 4.79 Å². The lowest BCUT2D eigenvalue weighted by molar-refractivity contribution is -0.116. The summed E-state index contributed by atoms with van der Waals surface area (Å²) in [6.45, 7) is 6.17. The van der Waals surface area contributed by atoms with Gasteiger partial charge in [0.1, 0.15) is 0 Å². The second kappa shape index (κ2) is 9.77. The Balaban J connectivity index is 1.62. The third-order valence-electron chi connectivity index (χ3n) is 4.44. The van der Waals surface area contributed by atoms with Crippen molar-refractivity contribution in [2.45, 2.75) is 39.5 Å². The number of hydrogen-bond donors (Lipinski definition) is 3. The van der Waals surface area contributed by atoms with E-state index >= 15 is 0 Å². The molecule has 6 nitrogen and oxygen atoms in total. The van der Waals surface area contributed by atoms with Crippen LogP contribution in [0, 0.1) is 0 Å². The van der Waals surface area contributed by atoms with Gasteiger partial charge in [0.2, 0.25) is 5.91 Å².